The van der Waals surface area contributed by atoms with Gasteiger partial charge in [0.2, 0.25) is 0 Å². The molecule has 132 valence electrons. The fraction of sp³-hybridized carbons (Fsp3) is 0.333. The van der Waals surface area contributed by atoms with Crippen molar-refractivity contribution in [3.8, 4) is 0 Å². The molecule has 0 unspecified atom stereocenters. The quantitative estimate of drug-likeness (QED) is 0.809. The normalized spacial score (nSPS) is 18.8. The van der Waals surface area contributed by atoms with Gasteiger partial charge in [-0.05, 0) is 22.8 Å². The average molecular weight is 361 g/mol. The first-order valence-corrected chi connectivity index (χ1v) is 9.87. The van der Waals surface area contributed by atoms with Gasteiger partial charge in [-0.25, -0.2) is 8.42 Å². The largest absolute Gasteiger partial charge is 0.455 e. The van der Waals surface area contributed by atoms with Crippen LogP contribution in [-0.4, -0.2) is 44.4 Å². The smallest absolute Gasteiger partial charge is 0.310 e. The van der Waals surface area contributed by atoms with Gasteiger partial charge in [0, 0.05) is 6.04 Å². The highest BCUT2D eigenvalue weighted by atomic mass is 32.2. The van der Waals surface area contributed by atoms with Gasteiger partial charge in [0.25, 0.3) is 5.91 Å². The molecule has 2 aromatic carbocycles. The van der Waals surface area contributed by atoms with E-state index in [0.29, 0.717) is 6.42 Å². The van der Waals surface area contributed by atoms with E-state index in [-0.39, 0.29) is 17.9 Å². The van der Waals surface area contributed by atoms with Crippen molar-refractivity contribution in [2.45, 2.75) is 18.9 Å². The van der Waals surface area contributed by atoms with Crippen LogP contribution in [0.15, 0.2) is 42.5 Å². The van der Waals surface area contributed by atoms with Crippen molar-refractivity contribution in [1.82, 2.24) is 5.32 Å². The van der Waals surface area contributed by atoms with Crippen molar-refractivity contribution < 1.29 is 22.7 Å². The molecule has 1 aliphatic rings. The third-order valence-corrected chi connectivity index (χ3v) is 5.94. The zero-order valence-electron chi connectivity index (χ0n) is 13.6. The molecule has 1 atom stereocenters. The van der Waals surface area contributed by atoms with E-state index in [1.807, 2.05) is 42.5 Å². The summed E-state index contributed by atoms with van der Waals surface area (Å²) in [7, 11) is -3.06. The molecule has 6 nitrogen and oxygen atoms in total. The van der Waals surface area contributed by atoms with Crippen molar-refractivity contribution >= 4 is 32.5 Å². The second-order valence-electron chi connectivity index (χ2n) is 6.14. The molecule has 1 amide bonds. The minimum atomic E-state index is -3.06. The number of rotatable bonds is 5. The molecule has 0 radical (unpaired) electrons. The third-order valence-electron chi connectivity index (χ3n) is 4.18. The number of carbonyl (C=O) groups is 2. The number of nitrogens with one attached hydrogen (secondary N) is 1. The van der Waals surface area contributed by atoms with Gasteiger partial charge in [-0.2, -0.15) is 0 Å². The summed E-state index contributed by atoms with van der Waals surface area (Å²) in [6.45, 7) is -0.403. The Hall–Kier alpha value is -2.41. The van der Waals surface area contributed by atoms with Crippen LogP contribution in [0, 0.1) is 0 Å². The molecule has 0 aromatic heterocycles. The van der Waals surface area contributed by atoms with E-state index < -0.39 is 34.4 Å². The number of carbonyl (C=O) groups excluding carboxylic acids is 2. The Bertz CT molecular complexity index is 901. The van der Waals surface area contributed by atoms with Crippen molar-refractivity contribution in [2.75, 3.05) is 18.1 Å². The lowest BCUT2D eigenvalue weighted by molar-refractivity contribution is -0.148. The van der Waals surface area contributed by atoms with Gasteiger partial charge in [0.15, 0.2) is 16.4 Å². The molecule has 1 fully saturated rings. The number of hydrogen-bond donors (Lipinski definition) is 1. The summed E-state index contributed by atoms with van der Waals surface area (Å²) in [5, 5.41) is 4.60. The summed E-state index contributed by atoms with van der Waals surface area (Å²) in [6, 6.07) is 13.0. The maximum Gasteiger partial charge on any atom is 0.310 e. The lowest BCUT2D eigenvalue weighted by atomic mass is 10.0. The van der Waals surface area contributed by atoms with Crippen LogP contribution >= 0.6 is 0 Å². The van der Waals surface area contributed by atoms with Crippen LogP contribution in [0.4, 0.5) is 0 Å². The summed E-state index contributed by atoms with van der Waals surface area (Å²) in [5.41, 5.74) is 0.838. The van der Waals surface area contributed by atoms with Gasteiger partial charge >= 0.3 is 5.97 Å². The molecule has 1 N–H and O–H groups in total. The number of fused-ring (bicyclic) bond motifs is 1. The van der Waals surface area contributed by atoms with E-state index in [9.17, 15) is 18.0 Å². The van der Waals surface area contributed by atoms with Crippen molar-refractivity contribution in [2.24, 2.45) is 0 Å². The van der Waals surface area contributed by atoms with Crippen molar-refractivity contribution in [3.05, 3.63) is 48.0 Å². The Morgan fingerprint density at radius 2 is 1.88 bits per heavy atom. The van der Waals surface area contributed by atoms with Gasteiger partial charge in [-0.3, -0.25) is 9.59 Å². The summed E-state index contributed by atoms with van der Waals surface area (Å²) in [4.78, 5) is 23.8. The van der Waals surface area contributed by atoms with Crippen LogP contribution in [0.1, 0.15) is 12.0 Å². The molecule has 0 aliphatic carbocycles. The number of benzene rings is 2. The second kappa shape index (κ2) is 7.23. The van der Waals surface area contributed by atoms with E-state index in [1.54, 1.807) is 0 Å². The number of hydrogen-bond acceptors (Lipinski definition) is 5. The fourth-order valence-corrected chi connectivity index (χ4v) is 4.65. The van der Waals surface area contributed by atoms with Crippen LogP contribution in [0.5, 0.6) is 0 Å². The molecule has 7 heteroatoms. The van der Waals surface area contributed by atoms with E-state index in [2.05, 4.69) is 5.32 Å². The highest BCUT2D eigenvalue weighted by Gasteiger charge is 2.29. The van der Waals surface area contributed by atoms with E-state index in [1.165, 1.54) is 0 Å². The average Bonchev–Trinajstić information content (AvgIpc) is 2.92. The summed E-state index contributed by atoms with van der Waals surface area (Å²) in [5.74, 6) is -0.944. The summed E-state index contributed by atoms with van der Waals surface area (Å²) in [6.07, 6.45) is 0.477. The highest BCUT2D eigenvalue weighted by Crippen LogP contribution is 2.19. The van der Waals surface area contributed by atoms with Gasteiger partial charge in [-0.1, -0.05) is 42.5 Å². The first-order chi connectivity index (χ1) is 11.9. The van der Waals surface area contributed by atoms with Crippen LogP contribution in [0.2, 0.25) is 0 Å². The van der Waals surface area contributed by atoms with Crippen molar-refractivity contribution in [1.29, 1.82) is 0 Å². The Morgan fingerprint density at radius 1 is 1.12 bits per heavy atom. The SMILES string of the molecule is O=C(COC(=O)Cc1cccc2ccccc12)N[C@H]1CCS(=O)(=O)C1. The monoisotopic (exact) mass is 361 g/mol. The first-order valence-electron chi connectivity index (χ1n) is 8.05. The topological polar surface area (TPSA) is 89.5 Å². The number of esters is 1. The first kappa shape index (κ1) is 17.4. The number of amides is 1. The summed E-state index contributed by atoms with van der Waals surface area (Å²) >= 11 is 0. The molecule has 1 heterocycles. The van der Waals surface area contributed by atoms with Crippen LogP contribution in [-0.2, 0) is 30.6 Å². The maximum atomic E-state index is 12.0. The molecule has 3 rings (SSSR count). The summed E-state index contributed by atoms with van der Waals surface area (Å²) < 4.78 is 27.7. The Labute approximate surface area is 146 Å². The maximum absolute atomic E-state index is 12.0. The zero-order chi connectivity index (χ0) is 17.9. The highest BCUT2D eigenvalue weighted by molar-refractivity contribution is 7.91. The lowest BCUT2D eigenvalue weighted by Crippen LogP contribution is -2.38. The van der Waals surface area contributed by atoms with E-state index >= 15 is 0 Å². The Balaban J connectivity index is 1.52. The predicted octanol–water partition coefficient (Wildman–Crippen LogP) is 1.23. The fourth-order valence-electron chi connectivity index (χ4n) is 2.98. The Morgan fingerprint density at radius 3 is 2.64 bits per heavy atom. The predicted molar refractivity (Wildman–Crippen MR) is 93.8 cm³/mol. The van der Waals surface area contributed by atoms with Gasteiger partial charge in [0.1, 0.15) is 0 Å². The molecule has 0 saturated carbocycles. The van der Waals surface area contributed by atoms with E-state index in [0.717, 1.165) is 16.3 Å². The van der Waals surface area contributed by atoms with Crippen LogP contribution in [0.3, 0.4) is 0 Å². The molecule has 1 aliphatic heterocycles. The standard InChI is InChI=1S/C18H19NO5S/c20-17(19-15-8-9-25(22,23)12-15)11-24-18(21)10-14-6-3-5-13-4-1-2-7-16(13)14/h1-7,15H,8-12H2,(H,19,20)/t15-/m0/s1. The molecular formula is C18H19NO5S. The number of ether oxygens (including phenoxy) is 1. The second-order valence-corrected chi connectivity index (χ2v) is 8.37. The van der Waals surface area contributed by atoms with Crippen LogP contribution < -0.4 is 5.32 Å². The molecule has 0 bridgehead atoms. The molecule has 2 aromatic rings. The van der Waals surface area contributed by atoms with Crippen LogP contribution in [0.25, 0.3) is 10.8 Å². The lowest BCUT2D eigenvalue weighted by Gasteiger charge is -2.11. The van der Waals surface area contributed by atoms with Gasteiger partial charge in [0.05, 0.1) is 17.9 Å². The van der Waals surface area contributed by atoms with Crippen molar-refractivity contribution in [3.63, 3.8) is 0 Å². The zero-order valence-corrected chi connectivity index (χ0v) is 14.4. The number of sulfone groups is 1. The van der Waals surface area contributed by atoms with E-state index in [4.69, 9.17) is 4.74 Å². The molecule has 25 heavy (non-hydrogen) atoms. The molecule has 0 spiro atoms. The van der Waals surface area contributed by atoms with Gasteiger partial charge in [-0.15, -0.1) is 0 Å². The minimum absolute atomic E-state index is 0.0529. The molecule has 1 saturated heterocycles. The molecular weight excluding hydrogens is 342 g/mol. The minimum Gasteiger partial charge on any atom is -0.455 e. The third kappa shape index (κ3) is 4.57. The Kier molecular flexibility index (Phi) is 5.03. The van der Waals surface area contributed by atoms with Gasteiger partial charge < -0.3 is 10.1 Å².